The molecule has 0 saturated carbocycles. The number of fused-ring (bicyclic) bond motifs is 1. The van der Waals surface area contributed by atoms with Gasteiger partial charge in [0.15, 0.2) is 18.0 Å². The maximum absolute atomic E-state index is 13.3. The Morgan fingerprint density at radius 1 is 1.18 bits per heavy atom. The van der Waals surface area contributed by atoms with Gasteiger partial charge in [-0.25, -0.2) is 0 Å². The van der Waals surface area contributed by atoms with E-state index < -0.39 is 33.5 Å². The second-order valence-electron chi connectivity index (χ2n) is 11.1. The molecule has 4 N–H and O–H groups in total. The van der Waals surface area contributed by atoms with Gasteiger partial charge in [0.1, 0.15) is 11.0 Å². The first-order valence-electron chi connectivity index (χ1n) is 12.9. The lowest BCUT2D eigenvalue weighted by molar-refractivity contribution is -0.130. The van der Waals surface area contributed by atoms with Crippen LogP contribution in [0, 0.1) is 19.3 Å². The number of rotatable bonds is 11. The van der Waals surface area contributed by atoms with Crippen molar-refractivity contribution in [2.24, 2.45) is 11.1 Å². The fraction of sp³-hybridized carbons (Fsp3) is 0.571. The molecule has 3 rings (SSSR count). The van der Waals surface area contributed by atoms with Gasteiger partial charge in [0, 0.05) is 11.3 Å². The summed E-state index contributed by atoms with van der Waals surface area (Å²) in [4.78, 5) is 27.1. The number of ether oxygens (including phenoxy) is 1. The van der Waals surface area contributed by atoms with Crippen LogP contribution >= 0.6 is 11.3 Å². The number of aliphatic hydroxyl groups excluding tert-OH is 1. The van der Waals surface area contributed by atoms with Crippen LogP contribution in [0.25, 0.3) is 0 Å². The Kier molecular flexibility index (Phi) is 9.13. The second-order valence-corrected chi connectivity index (χ2v) is 14.0. The minimum atomic E-state index is -4.62. The third-order valence-corrected chi connectivity index (χ3v) is 10.1. The van der Waals surface area contributed by atoms with Gasteiger partial charge in [-0.05, 0) is 86.1 Å². The molecule has 1 aliphatic carbocycles. The Bertz CT molecular complexity index is 1300. The van der Waals surface area contributed by atoms with E-state index in [-0.39, 0.29) is 16.9 Å². The number of ketones is 1. The first kappa shape index (κ1) is 30.3. The summed E-state index contributed by atoms with van der Waals surface area (Å²) in [6, 6.07) is 3.68. The molecule has 38 heavy (non-hydrogen) atoms. The van der Waals surface area contributed by atoms with Gasteiger partial charge in [-0.3, -0.25) is 14.1 Å². The Morgan fingerprint density at radius 2 is 1.79 bits per heavy atom. The highest BCUT2D eigenvalue weighted by Crippen LogP contribution is 2.42. The Morgan fingerprint density at radius 3 is 2.32 bits per heavy atom. The van der Waals surface area contributed by atoms with Gasteiger partial charge < -0.3 is 15.6 Å². The molecule has 8 nitrogen and oxygen atoms in total. The number of thiophene rings is 1. The van der Waals surface area contributed by atoms with Crippen LogP contribution in [-0.2, 0) is 40.6 Å². The number of primary amides is 1. The fourth-order valence-electron chi connectivity index (χ4n) is 5.19. The van der Waals surface area contributed by atoms with E-state index in [2.05, 4.69) is 20.8 Å². The molecule has 0 bridgehead atoms. The van der Waals surface area contributed by atoms with E-state index in [1.165, 1.54) is 16.0 Å². The zero-order valence-corrected chi connectivity index (χ0v) is 24.6. The average Bonchev–Trinajstić information content (AvgIpc) is 3.17. The number of amides is 1. The molecular weight excluding hydrogens is 526 g/mol. The number of Topliss-reactive ketones (excluding diaryl/α,β-unsaturated/α-hetero) is 1. The number of hydrogen-bond acceptors (Lipinski definition) is 7. The molecule has 2 aromatic rings. The lowest BCUT2D eigenvalue weighted by Gasteiger charge is -2.30. The van der Waals surface area contributed by atoms with Gasteiger partial charge in [-0.1, -0.05) is 32.9 Å². The number of aryl methyl sites for hydroxylation is 4. The highest BCUT2D eigenvalue weighted by molar-refractivity contribution is 7.86. The molecule has 1 aliphatic rings. The number of carbonyl (C=O) groups excluding carboxylic acids is 2. The molecule has 0 radical (unpaired) electrons. The van der Waals surface area contributed by atoms with Crippen LogP contribution in [0.4, 0.5) is 0 Å². The molecule has 1 aromatic carbocycles. The molecule has 0 aliphatic heterocycles. The Balaban J connectivity index is 1.80. The number of hydrogen-bond donors (Lipinski definition) is 3. The Labute approximate surface area is 229 Å². The predicted octanol–water partition coefficient (Wildman–Crippen LogP) is 4.13. The van der Waals surface area contributed by atoms with Gasteiger partial charge in [-0.15, -0.1) is 11.3 Å². The molecule has 1 amide bonds. The molecule has 3 atom stereocenters. The van der Waals surface area contributed by atoms with Crippen molar-refractivity contribution in [2.45, 2.75) is 97.5 Å². The maximum Gasteiger partial charge on any atom is 0.271 e. The summed E-state index contributed by atoms with van der Waals surface area (Å²) < 4.78 is 38.7. The molecule has 3 unspecified atom stereocenters. The predicted molar refractivity (Wildman–Crippen MR) is 149 cm³/mol. The molecule has 0 saturated heterocycles. The topological polar surface area (TPSA) is 144 Å². The van der Waals surface area contributed by atoms with E-state index in [9.17, 15) is 27.7 Å². The summed E-state index contributed by atoms with van der Waals surface area (Å²) in [5.74, 6) is -0.738. The SMILES string of the molecule is CCc1sc(C(=O)CCc2cc(C)c(OC(C(O)C(N)=O)C(C)S(=O)(=O)O)c(C)c2)c2c1CC(C)(C)CC2. The first-order chi connectivity index (χ1) is 17.6. The highest BCUT2D eigenvalue weighted by atomic mass is 32.2. The second kappa shape index (κ2) is 11.5. The van der Waals surface area contributed by atoms with Crippen LogP contribution in [-0.4, -0.2) is 47.2 Å². The number of carbonyl (C=O) groups is 2. The fourth-order valence-corrected chi connectivity index (χ4v) is 7.01. The lowest BCUT2D eigenvalue weighted by atomic mass is 9.74. The Hall–Kier alpha value is -2.27. The van der Waals surface area contributed by atoms with Crippen molar-refractivity contribution in [1.82, 2.24) is 0 Å². The van der Waals surface area contributed by atoms with Crippen LogP contribution in [0.15, 0.2) is 12.1 Å². The molecule has 1 heterocycles. The minimum Gasteiger partial charge on any atom is -0.485 e. The van der Waals surface area contributed by atoms with Gasteiger partial charge in [0.05, 0.1) is 4.88 Å². The summed E-state index contributed by atoms with van der Waals surface area (Å²) in [5, 5.41) is 8.59. The first-order valence-corrected chi connectivity index (χ1v) is 15.2. The molecule has 0 spiro atoms. The van der Waals surface area contributed by atoms with E-state index in [1.807, 2.05) is 12.1 Å². The van der Waals surface area contributed by atoms with Crippen LogP contribution in [0.1, 0.15) is 82.9 Å². The van der Waals surface area contributed by atoms with E-state index in [0.29, 0.717) is 24.0 Å². The molecule has 1 aromatic heterocycles. The third-order valence-electron chi connectivity index (χ3n) is 7.43. The minimum absolute atomic E-state index is 0.146. The van der Waals surface area contributed by atoms with E-state index >= 15 is 0 Å². The van der Waals surface area contributed by atoms with E-state index in [4.69, 9.17) is 10.5 Å². The van der Waals surface area contributed by atoms with Gasteiger partial charge in [0.25, 0.3) is 10.1 Å². The standard InChI is InChI=1S/C28H39NO7S2/c1-7-22-20-14-28(5,6)11-10-19(20)26(37-22)21(30)9-8-18-12-15(2)24(16(3)13-18)36-25(23(31)27(29)32)17(4)38(33,34)35/h12-13,17,23,25,31H,7-11,14H2,1-6H3,(H2,29,32)(H,33,34,35). The molecule has 0 fully saturated rings. The van der Waals surface area contributed by atoms with Crippen molar-refractivity contribution >= 4 is 33.1 Å². The van der Waals surface area contributed by atoms with Crippen molar-refractivity contribution in [3.05, 3.63) is 49.7 Å². The summed E-state index contributed by atoms with van der Waals surface area (Å²) >= 11 is 1.64. The van der Waals surface area contributed by atoms with Crippen molar-refractivity contribution in [3.8, 4) is 5.75 Å². The largest absolute Gasteiger partial charge is 0.485 e. The van der Waals surface area contributed by atoms with Gasteiger partial charge >= 0.3 is 0 Å². The van der Waals surface area contributed by atoms with Crippen molar-refractivity contribution in [1.29, 1.82) is 0 Å². The summed E-state index contributed by atoms with van der Waals surface area (Å²) in [6.45, 7) is 11.3. The van der Waals surface area contributed by atoms with E-state index in [1.54, 1.807) is 25.2 Å². The van der Waals surface area contributed by atoms with E-state index in [0.717, 1.165) is 43.0 Å². The molecule has 10 heteroatoms. The highest BCUT2D eigenvalue weighted by Gasteiger charge is 2.38. The van der Waals surface area contributed by atoms with Crippen molar-refractivity contribution in [2.75, 3.05) is 0 Å². The monoisotopic (exact) mass is 565 g/mol. The summed E-state index contributed by atoms with van der Waals surface area (Å²) in [7, 11) is -4.62. The van der Waals surface area contributed by atoms with Crippen molar-refractivity contribution in [3.63, 3.8) is 0 Å². The van der Waals surface area contributed by atoms with Crippen LogP contribution in [0.5, 0.6) is 5.75 Å². The third kappa shape index (κ3) is 6.65. The quantitative estimate of drug-likeness (QED) is 0.274. The van der Waals surface area contributed by atoms with Crippen LogP contribution in [0.2, 0.25) is 0 Å². The smallest absolute Gasteiger partial charge is 0.271 e. The molecule has 210 valence electrons. The number of aliphatic hydroxyl groups is 1. The van der Waals surface area contributed by atoms with Gasteiger partial charge in [-0.2, -0.15) is 8.42 Å². The van der Waals surface area contributed by atoms with Gasteiger partial charge in [0.2, 0.25) is 5.91 Å². The summed E-state index contributed by atoms with van der Waals surface area (Å²) in [5.41, 5.74) is 10.2. The average molecular weight is 566 g/mol. The van der Waals surface area contributed by atoms with Crippen LogP contribution in [0.3, 0.4) is 0 Å². The number of nitrogens with two attached hydrogens (primary N) is 1. The normalized spacial score (nSPS) is 17.4. The number of benzene rings is 1. The zero-order valence-electron chi connectivity index (χ0n) is 23.0. The zero-order chi connectivity index (χ0) is 28.6. The summed E-state index contributed by atoms with van der Waals surface area (Å²) in [6.07, 6.45) is 1.28. The van der Waals surface area contributed by atoms with Crippen molar-refractivity contribution < 1.29 is 32.4 Å². The molecular formula is C28H39NO7S2. The van der Waals surface area contributed by atoms with Crippen LogP contribution < -0.4 is 10.5 Å². The lowest BCUT2D eigenvalue weighted by Crippen LogP contribution is -2.50. The maximum atomic E-state index is 13.3.